The first kappa shape index (κ1) is 25.7. The number of carbonyl (C=O) groups is 1. The maximum atomic E-state index is 14.5. The average molecular weight is 520 g/mol. The molecule has 4 aromatic rings. The maximum absolute atomic E-state index is 14.5. The third-order valence-electron chi connectivity index (χ3n) is 6.48. The molecule has 0 spiro atoms. The van der Waals surface area contributed by atoms with Gasteiger partial charge >= 0.3 is 0 Å². The summed E-state index contributed by atoms with van der Waals surface area (Å²) in [7, 11) is 1.46. The molecule has 1 fully saturated rings. The van der Waals surface area contributed by atoms with Crippen LogP contribution in [0.2, 0.25) is 0 Å². The molecule has 11 heteroatoms. The van der Waals surface area contributed by atoms with Crippen LogP contribution in [0.15, 0.2) is 36.5 Å². The number of anilines is 1. The second kappa shape index (κ2) is 10.7. The van der Waals surface area contributed by atoms with Crippen LogP contribution in [0, 0.1) is 23.4 Å². The van der Waals surface area contributed by atoms with Crippen molar-refractivity contribution in [1.82, 2.24) is 20.3 Å². The van der Waals surface area contributed by atoms with Crippen LogP contribution < -0.4 is 15.4 Å². The van der Waals surface area contributed by atoms with Gasteiger partial charge in [0.2, 0.25) is 11.8 Å². The van der Waals surface area contributed by atoms with E-state index in [0.717, 1.165) is 30.8 Å². The SMILES string of the molecule is COc1ccc2ncc(F)c(NC(=O)C3CCC(NCc4cc5cc(F)cc(F)c5[nH]4)CC3)c2n1.Cl. The molecule has 0 saturated heterocycles. The second-order valence-electron chi connectivity index (χ2n) is 8.77. The number of nitrogens with zero attached hydrogens (tertiary/aromatic N) is 2. The summed E-state index contributed by atoms with van der Waals surface area (Å²) in [5.41, 5.74) is 1.73. The van der Waals surface area contributed by atoms with Crippen molar-refractivity contribution >= 4 is 45.9 Å². The van der Waals surface area contributed by atoms with E-state index in [4.69, 9.17) is 4.74 Å². The number of aromatic amines is 1. The quantitative estimate of drug-likeness (QED) is 0.324. The van der Waals surface area contributed by atoms with Gasteiger partial charge in [-0.1, -0.05) is 0 Å². The van der Waals surface area contributed by atoms with Crippen LogP contribution in [0.25, 0.3) is 21.9 Å². The van der Waals surface area contributed by atoms with Gasteiger partial charge in [0.25, 0.3) is 0 Å². The Morgan fingerprint density at radius 2 is 1.89 bits per heavy atom. The summed E-state index contributed by atoms with van der Waals surface area (Å²) in [5.74, 6) is -2.10. The van der Waals surface area contributed by atoms with Gasteiger partial charge in [-0.2, -0.15) is 0 Å². The van der Waals surface area contributed by atoms with Gasteiger partial charge in [0, 0.05) is 41.7 Å². The molecule has 1 saturated carbocycles. The highest BCUT2D eigenvalue weighted by atomic mass is 35.5. The predicted octanol–water partition coefficient (Wildman–Crippen LogP) is 5.25. The lowest BCUT2D eigenvalue weighted by Crippen LogP contribution is -2.36. The van der Waals surface area contributed by atoms with Gasteiger partial charge in [-0.15, -0.1) is 12.4 Å². The van der Waals surface area contributed by atoms with Crippen molar-refractivity contribution in [3.63, 3.8) is 0 Å². The largest absolute Gasteiger partial charge is 0.481 e. The molecule has 3 aromatic heterocycles. The van der Waals surface area contributed by atoms with E-state index in [1.807, 2.05) is 0 Å². The van der Waals surface area contributed by atoms with E-state index < -0.39 is 17.5 Å². The number of halogens is 4. The van der Waals surface area contributed by atoms with Gasteiger partial charge in [0.15, 0.2) is 5.82 Å². The third kappa shape index (κ3) is 5.24. The van der Waals surface area contributed by atoms with Crippen molar-refractivity contribution in [2.75, 3.05) is 12.4 Å². The van der Waals surface area contributed by atoms with Crippen LogP contribution in [0.1, 0.15) is 31.4 Å². The zero-order valence-corrected chi connectivity index (χ0v) is 20.2. The summed E-state index contributed by atoms with van der Waals surface area (Å²) in [6, 6.07) is 7.34. The lowest BCUT2D eigenvalue weighted by atomic mass is 9.85. The fourth-order valence-corrected chi connectivity index (χ4v) is 4.62. The Bertz CT molecular complexity index is 1410. The maximum Gasteiger partial charge on any atom is 0.227 e. The molecule has 0 radical (unpaired) electrons. The molecule has 5 rings (SSSR count). The number of amides is 1. The molecular formula is C25H25ClF3N5O2. The molecule has 0 atom stereocenters. The van der Waals surface area contributed by atoms with Gasteiger partial charge in [-0.25, -0.2) is 18.2 Å². The van der Waals surface area contributed by atoms with Gasteiger partial charge in [0.05, 0.1) is 24.3 Å². The number of carbonyl (C=O) groups excluding carboxylic acids is 1. The molecule has 1 aliphatic rings. The van der Waals surface area contributed by atoms with E-state index in [1.165, 1.54) is 13.2 Å². The number of aromatic nitrogens is 3. The first-order valence-corrected chi connectivity index (χ1v) is 11.4. The van der Waals surface area contributed by atoms with Crippen LogP contribution in [0.4, 0.5) is 18.9 Å². The smallest absolute Gasteiger partial charge is 0.227 e. The Labute approximate surface area is 211 Å². The van der Waals surface area contributed by atoms with Crippen molar-refractivity contribution in [3.05, 3.63) is 59.7 Å². The normalized spacial score (nSPS) is 17.7. The Hall–Kier alpha value is -3.37. The highest BCUT2D eigenvalue weighted by Crippen LogP contribution is 2.29. The summed E-state index contributed by atoms with van der Waals surface area (Å²) in [5, 5.41) is 6.61. The number of nitrogens with one attached hydrogen (secondary N) is 3. The van der Waals surface area contributed by atoms with Crippen LogP contribution >= 0.6 is 12.4 Å². The van der Waals surface area contributed by atoms with Crippen LogP contribution in [0.5, 0.6) is 5.88 Å². The summed E-state index contributed by atoms with van der Waals surface area (Å²) in [4.78, 5) is 24.2. The molecule has 1 aromatic carbocycles. The van der Waals surface area contributed by atoms with E-state index in [1.54, 1.807) is 18.2 Å². The molecule has 3 heterocycles. The number of H-pyrrole nitrogens is 1. The second-order valence-corrected chi connectivity index (χ2v) is 8.77. The number of rotatable bonds is 6. The lowest BCUT2D eigenvalue weighted by Gasteiger charge is -2.28. The molecule has 0 unspecified atom stereocenters. The van der Waals surface area contributed by atoms with Crippen LogP contribution in [-0.4, -0.2) is 34.0 Å². The predicted molar refractivity (Wildman–Crippen MR) is 133 cm³/mol. The molecule has 36 heavy (non-hydrogen) atoms. The molecule has 0 aliphatic heterocycles. The number of pyridine rings is 2. The van der Waals surface area contributed by atoms with Gasteiger partial charge < -0.3 is 20.4 Å². The Balaban J connectivity index is 0.00000304. The fraction of sp³-hybridized carbons (Fsp3) is 0.320. The van der Waals surface area contributed by atoms with Crippen molar-refractivity contribution in [2.45, 2.75) is 38.3 Å². The number of benzene rings is 1. The molecule has 7 nitrogen and oxygen atoms in total. The lowest BCUT2D eigenvalue weighted by molar-refractivity contribution is -0.120. The summed E-state index contributed by atoms with van der Waals surface area (Å²) in [6.45, 7) is 0.471. The van der Waals surface area contributed by atoms with E-state index in [9.17, 15) is 18.0 Å². The highest BCUT2D eigenvalue weighted by Gasteiger charge is 2.27. The standard InChI is InChI=1S/C25H24F3N5O2.ClH/c1-35-21-7-6-20-24(32-21)23(19(28)12-30-20)33-25(34)13-2-4-16(5-3-13)29-11-17-9-14-8-15(26)10-18(27)22(14)31-17;/h6-10,12-13,16,29,31H,2-5,11H2,1H3,(H,30,33,34);1H. The summed E-state index contributed by atoms with van der Waals surface area (Å²) in [6.07, 6.45) is 3.85. The van der Waals surface area contributed by atoms with E-state index in [-0.39, 0.29) is 47.0 Å². The van der Waals surface area contributed by atoms with E-state index in [0.29, 0.717) is 36.2 Å². The van der Waals surface area contributed by atoms with Gasteiger partial charge in [0.1, 0.15) is 22.8 Å². The van der Waals surface area contributed by atoms with Crippen molar-refractivity contribution in [3.8, 4) is 5.88 Å². The zero-order valence-electron chi connectivity index (χ0n) is 19.4. The molecule has 3 N–H and O–H groups in total. The average Bonchev–Trinajstić information content (AvgIpc) is 3.27. The first-order chi connectivity index (χ1) is 16.9. The van der Waals surface area contributed by atoms with Gasteiger partial charge in [-0.05, 0) is 43.9 Å². The van der Waals surface area contributed by atoms with Crippen LogP contribution in [0.3, 0.4) is 0 Å². The van der Waals surface area contributed by atoms with E-state index >= 15 is 0 Å². The van der Waals surface area contributed by atoms with Crippen molar-refractivity contribution in [2.24, 2.45) is 5.92 Å². The number of ether oxygens (including phenoxy) is 1. The van der Waals surface area contributed by atoms with E-state index in [2.05, 4.69) is 25.6 Å². The monoisotopic (exact) mass is 519 g/mol. The third-order valence-corrected chi connectivity index (χ3v) is 6.48. The number of fused-ring (bicyclic) bond motifs is 2. The minimum absolute atomic E-state index is 0. The summed E-state index contributed by atoms with van der Waals surface area (Å²) >= 11 is 0. The minimum Gasteiger partial charge on any atom is -0.481 e. The molecule has 190 valence electrons. The number of hydrogen-bond acceptors (Lipinski definition) is 5. The Morgan fingerprint density at radius 1 is 1.11 bits per heavy atom. The molecule has 0 bridgehead atoms. The topological polar surface area (TPSA) is 91.9 Å². The number of methoxy groups -OCH3 is 1. The van der Waals surface area contributed by atoms with Gasteiger partial charge in [-0.3, -0.25) is 9.78 Å². The highest BCUT2D eigenvalue weighted by molar-refractivity contribution is 6.00. The molecule has 1 amide bonds. The summed E-state index contributed by atoms with van der Waals surface area (Å²) < 4.78 is 47.0. The minimum atomic E-state index is -0.656. The molecular weight excluding hydrogens is 495 g/mol. The fourth-order valence-electron chi connectivity index (χ4n) is 4.62. The molecule has 1 aliphatic carbocycles. The number of hydrogen-bond donors (Lipinski definition) is 3. The Morgan fingerprint density at radius 3 is 2.64 bits per heavy atom. The van der Waals surface area contributed by atoms with Crippen LogP contribution in [-0.2, 0) is 11.3 Å². The Kier molecular flexibility index (Phi) is 7.65. The zero-order chi connectivity index (χ0) is 24.5. The van der Waals surface area contributed by atoms with Crippen molar-refractivity contribution in [1.29, 1.82) is 0 Å². The van der Waals surface area contributed by atoms with Crippen molar-refractivity contribution < 1.29 is 22.7 Å². The first-order valence-electron chi connectivity index (χ1n) is 11.4.